The average Bonchev–Trinajstić information content (AvgIpc) is 2.77. The molecule has 2 aromatic carbocycles. The fourth-order valence-corrected chi connectivity index (χ4v) is 4.91. The Balaban J connectivity index is 2.19. The fourth-order valence-electron chi connectivity index (χ4n) is 3.56. The second kappa shape index (κ2) is 12.4. The minimum atomic E-state index is -3.54. The normalized spacial score (nSPS) is 12.2. The Kier molecular flexibility index (Phi) is 10.2. The monoisotopic (exact) mass is 527 g/mol. The zero-order valence-electron chi connectivity index (χ0n) is 19.8. The zero-order valence-corrected chi connectivity index (χ0v) is 22.2. The van der Waals surface area contributed by atoms with Crippen LogP contribution in [0.5, 0.6) is 0 Å². The van der Waals surface area contributed by atoms with Crippen LogP contribution in [0.25, 0.3) is 0 Å². The number of amides is 2. The Morgan fingerprint density at radius 2 is 1.76 bits per heavy atom. The molecule has 0 saturated carbocycles. The van der Waals surface area contributed by atoms with Gasteiger partial charge in [-0.2, -0.15) is 0 Å². The largest absolute Gasteiger partial charge is 0.355 e. The molecule has 0 spiro atoms. The second-order valence-corrected chi connectivity index (χ2v) is 10.8. The van der Waals surface area contributed by atoms with E-state index in [1.165, 1.54) is 9.21 Å². The number of anilines is 1. The van der Waals surface area contributed by atoms with Crippen molar-refractivity contribution in [3.8, 4) is 0 Å². The number of benzene rings is 2. The SMILES string of the molecule is CCNC(=O)[C@@H](C)N(Cc1ccc(Cl)c(Cl)c1)C(=O)CCCN(c1ccccc1C)S(C)(=O)=O. The molecule has 0 aliphatic rings. The maximum Gasteiger partial charge on any atom is 0.242 e. The topological polar surface area (TPSA) is 86.8 Å². The number of hydrogen-bond donors (Lipinski definition) is 1. The van der Waals surface area contributed by atoms with Gasteiger partial charge < -0.3 is 10.2 Å². The third-order valence-corrected chi connectivity index (χ3v) is 7.31. The van der Waals surface area contributed by atoms with Crippen molar-refractivity contribution in [2.45, 2.75) is 46.2 Å². The molecule has 0 fully saturated rings. The number of hydrogen-bond acceptors (Lipinski definition) is 4. The molecule has 2 amide bonds. The minimum Gasteiger partial charge on any atom is -0.355 e. The van der Waals surface area contributed by atoms with Crippen LogP contribution in [0.4, 0.5) is 5.69 Å². The summed E-state index contributed by atoms with van der Waals surface area (Å²) in [5, 5.41) is 3.50. The third-order valence-electron chi connectivity index (χ3n) is 5.39. The van der Waals surface area contributed by atoms with E-state index in [1.807, 2.05) is 19.1 Å². The van der Waals surface area contributed by atoms with Gasteiger partial charge >= 0.3 is 0 Å². The van der Waals surface area contributed by atoms with Crippen LogP contribution < -0.4 is 9.62 Å². The van der Waals surface area contributed by atoms with E-state index in [-0.39, 0.29) is 31.3 Å². The molecule has 0 unspecified atom stereocenters. The van der Waals surface area contributed by atoms with Gasteiger partial charge in [0.1, 0.15) is 6.04 Å². The highest BCUT2D eigenvalue weighted by molar-refractivity contribution is 7.92. The van der Waals surface area contributed by atoms with Crippen LogP contribution in [-0.2, 0) is 26.2 Å². The van der Waals surface area contributed by atoms with Crippen molar-refractivity contribution < 1.29 is 18.0 Å². The molecule has 0 heterocycles. The van der Waals surface area contributed by atoms with Gasteiger partial charge in [0.25, 0.3) is 0 Å². The number of carbonyl (C=O) groups excluding carboxylic acids is 2. The van der Waals surface area contributed by atoms with Crippen LogP contribution in [0, 0.1) is 6.92 Å². The summed E-state index contributed by atoms with van der Waals surface area (Å²) in [6, 6.07) is 11.5. The molecule has 0 bridgehead atoms. The lowest BCUT2D eigenvalue weighted by molar-refractivity contribution is -0.140. The van der Waals surface area contributed by atoms with Crippen molar-refractivity contribution in [2.75, 3.05) is 23.7 Å². The lowest BCUT2D eigenvalue weighted by atomic mass is 10.1. The first-order chi connectivity index (χ1) is 16.0. The Morgan fingerprint density at radius 3 is 2.35 bits per heavy atom. The van der Waals surface area contributed by atoms with E-state index in [0.29, 0.717) is 28.7 Å². The number of rotatable bonds is 11. The first-order valence-corrected chi connectivity index (χ1v) is 13.6. The van der Waals surface area contributed by atoms with Gasteiger partial charge in [0.05, 0.1) is 22.0 Å². The van der Waals surface area contributed by atoms with Gasteiger partial charge in [0, 0.05) is 26.1 Å². The van der Waals surface area contributed by atoms with Gasteiger partial charge in [0.2, 0.25) is 21.8 Å². The summed E-state index contributed by atoms with van der Waals surface area (Å²) in [6.07, 6.45) is 1.51. The predicted octanol–water partition coefficient (Wildman–Crippen LogP) is 4.40. The summed E-state index contributed by atoms with van der Waals surface area (Å²) in [4.78, 5) is 27.2. The average molecular weight is 529 g/mol. The number of sulfonamides is 1. The van der Waals surface area contributed by atoms with Crippen LogP contribution in [0.15, 0.2) is 42.5 Å². The van der Waals surface area contributed by atoms with E-state index in [2.05, 4.69) is 5.32 Å². The standard InChI is InChI=1S/C24H31Cl2N3O4S/c1-5-27-24(31)18(3)28(16-19-12-13-20(25)21(26)15-19)23(30)11-8-14-29(34(4,32)33)22-10-7-6-9-17(22)2/h6-7,9-10,12-13,15,18H,5,8,11,14,16H2,1-4H3,(H,27,31)/t18-/m1/s1. The molecule has 10 heteroatoms. The van der Waals surface area contributed by atoms with Crippen LogP contribution in [0.3, 0.4) is 0 Å². The van der Waals surface area contributed by atoms with Gasteiger partial charge in [-0.1, -0.05) is 47.5 Å². The molecule has 0 radical (unpaired) electrons. The number of halogens is 2. The van der Waals surface area contributed by atoms with E-state index in [0.717, 1.165) is 17.4 Å². The van der Waals surface area contributed by atoms with E-state index >= 15 is 0 Å². The van der Waals surface area contributed by atoms with Crippen LogP contribution in [-0.4, -0.2) is 50.5 Å². The Morgan fingerprint density at radius 1 is 1.09 bits per heavy atom. The molecule has 1 atom stereocenters. The van der Waals surface area contributed by atoms with Crippen molar-refractivity contribution in [1.82, 2.24) is 10.2 Å². The molecule has 7 nitrogen and oxygen atoms in total. The van der Waals surface area contributed by atoms with Gasteiger partial charge in [0.15, 0.2) is 0 Å². The van der Waals surface area contributed by atoms with Crippen LogP contribution in [0.1, 0.15) is 37.8 Å². The van der Waals surface area contributed by atoms with Gasteiger partial charge in [-0.25, -0.2) is 8.42 Å². The van der Waals surface area contributed by atoms with Gasteiger partial charge in [-0.15, -0.1) is 0 Å². The Hall–Kier alpha value is -2.29. The van der Waals surface area contributed by atoms with E-state index in [1.54, 1.807) is 44.2 Å². The number of nitrogens with zero attached hydrogens (tertiary/aromatic N) is 2. The molecule has 0 aliphatic heterocycles. The van der Waals surface area contributed by atoms with Crippen LogP contribution in [0.2, 0.25) is 10.0 Å². The van der Waals surface area contributed by atoms with Crippen molar-refractivity contribution in [2.24, 2.45) is 0 Å². The molecule has 34 heavy (non-hydrogen) atoms. The van der Waals surface area contributed by atoms with Crippen molar-refractivity contribution in [1.29, 1.82) is 0 Å². The quantitative estimate of drug-likeness (QED) is 0.469. The zero-order chi connectivity index (χ0) is 25.5. The maximum atomic E-state index is 13.2. The second-order valence-electron chi connectivity index (χ2n) is 8.07. The number of carbonyl (C=O) groups is 2. The highest BCUT2D eigenvalue weighted by Crippen LogP contribution is 2.25. The maximum absolute atomic E-state index is 13.2. The molecule has 1 N–H and O–H groups in total. The molecular weight excluding hydrogens is 497 g/mol. The van der Waals surface area contributed by atoms with E-state index in [9.17, 15) is 18.0 Å². The van der Waals surface area contributed by atoms with E-state index in [4.69, 9.17) is 23.2 Å². The minimum absolute atomic E-state index is 0.0724. The molecular formula is C24H31Cl2N3O4S. The molecule has 0 aromatic heterocycles. The van der Waals surface area contributed by atoms with Gasteiger partial charge in [-0.3, -0.25) is 13.9 Å². The fraction of sp³-hybridized carbons (Fsp3) is 0.417. The van der Waals surface area contributed by atoms with Crippen molar-refractivity contribution in [3.05, 3.63) is 63.6 Å². The van der Waals surface area contributed by atoms with Crippen LogP contribution >= 0.6 is 23.2 Å². The summed E-state index contributed by atoms with van der Waals surface area (Å²) in [6.45, 7) is 6.06. The molecule has 186 valence electrons. The lowest BCUT2D eigenvalue weighted by Crippen LogP contribution is -2.47. The summed E-state index contributed by atoms with van der Waals surface area (Å²) in [5.74, 6) is -0.531. The lowest BCUT2D eigenvalue weighted by Gasteiger charge is -2.29. The highest BCUT2D eigenvalue weighted by atomic mass is 35.5. The number of para-hydroxylation sites is 1. The highest BCUT2D eigenvalue weighted by Gasteiger charge is 2.26. The summed E-state index contributed by atoms with van der Waals surface area (Å²) < 4.78 is 26.1. The van der Waals surface area contributed by atoms with Gasteiger partial charge in [-0.05, 0) is 56.5 Å². The number of aryl methyl sites for hydroxylation is 1. The van der Waals surface area contributed by atoms with E-state index < -0.39 is 16.1 Å². The molecule has 0 aliphatic carbocycles. The first-order valence-electron chi connectivity index (χ1n) is 11.0. The van der Waals surface area contributed by atoms with Crippen molar-refractivity contribution in [3.63, 3.8) is 0 Å². The first kappa shape index (κ1) is 28.0. The molecule has 0 saturated heterocycles. The molecule has 2 aromatic rings. The summed E-state index contributed by atoms with van der Waals surface area (Å²) in [7, 11) is -3.54. The Bertz CT molecular complexity index is 1120. The smallest absolute Gasteiger partial charge is 0.242 e. The summed E-state index contributed by atoms with van der Waals surface area (Å²) in [5.41, 5.74) is 2.14. The molecule has 2 rings (SSSR count). The predicted molar refractivity (Wildman–Crippen MR) is 138 cm³/mol. The number of nitrogens with one attached hydrogen (secondary N) is 1. The Labute approximate surface area is 212 Å². The third kappa shape index (κ3) is 7.61. The number of likely N-dealkylation sites (N-methyl/N-ethyl adjacent to an activating group) is 1. The summed E-state index contributed by atoms with van der Waals surface area (Å²) >= 11 is 12.1. The van der Waals surface area contributed by atoms with Crippen molar-refractivity contribution >= 4 is 50.7 Å².